The fourth-order valence-electron chi connectivity index (χ4n) is 3.76. The molecule has 1 atom stereocenters. The van der Waals surface area contributed by atoms with Crippen molar-refractivity contribution >= 4 is 21.5 Å². The van der Waals surface area contributed by atoms with E-state index in [1.165, 1.54) is 30.3 Å². The van der Waals surface area contributed by atoms with Gasteiger partial charge in [0.05, 0.1) is 15.8 Å². The van der Waals surface area contributed by atoms with Crippen molar-refractivity contribution in [3.05, 3.63) is 95.1 Å². The molecule has 4 rings (SSSR count). The number of fused-ring (bicyclic) bond motifs is 2. The predicted molar refractivity (Wildman–Crippen MR) is 113 cm³/mol. The molecule has 0 aromatic heterocycles. The summed E-state index contributed by atoms with van der Waals surface area (Å²) in [5, 5.41) is 3.00. The van der Waals surface area contributed by atoms with Crippen molar-refractivity contribution in [1.82, 2.24) is 5.32 Å². The number of nitrogens with one attached hydrogen (secondary N) is 1. The van der Waals surface area contributed by atoms with E-state index in [1.54, 1.807) is 12.1 Å². The lowest BCUT2D eigenvalue weighted by Gasteiger charge is -2.21. The molecule has 1 N–H and O–H groups in total. The van der Waals surface area contributed by atoms with Gasteiger partial charge in [-0.2, -0.15) is 0 Å². The van der Waals surface area contributed by atoms with Crippen molar-refractivity contribution in [3.8, 4) is 0 Å². The second kappa shape index (κ2) is 7.88. The van der Waals surface area contributed by atoms with E-state index in [4.69, 9.17) is 0 Å². The summed E-state index contributed by atoms with van der Waals surface area (Å²) in [5.41, 5.74) is 1.46. The van der Waals surface area contributed by atoms with Gasteiger partial charge in [0.1, 0.15) is 0 Å². The molecule has 1 aliphatic heterocycles. The summed E-state index contributed by atoms with van der Waals surface area (Å²) in [7, 11) is -3.88. The summed E-state index contributed by atoms with van der Waals surface area (Å²) in [6.45, 7) is 2.04. The molecule has 0 fully saturated rings. The summed E-state index contributed by atoms with van der Waals surface area (Å²) in [4.78, 5) is 25.6. The van der Waals surface area contributed by atoms with Gasteiger partial charge in [0.2, 0.25) is 9.84 Å². The summed E-state index contributed by atoms with van der Waals surface area (Å²) in [6.07, 6.45) is 1.63. The SMILES string of the molecule is CCC[C@H](NC(=O)c1ccc2c(c1)S(=O)(=O)c1ccccc1C2=O)c1ccccc1. The number of amides is 1. The molecule has 0 bridgehead atoms. The zero-order valence-electron chi connectivity index (χ0n) is 16.5. The van der Waals surface area contributed by atoms with E-state index >= 15 is 0 Å². The molecule has 3 aromatic carbocycles. The van der Waals surface area contributed by atoms with Crippen molar-refractivity contribution in [2.45, 2.75) is 35.6 Å². The van der Waals surface area contributed by atoms with Crippen LogP contribution in [0, 0.1) is 0 Å². The number of sulfone groups is 1. The van der Waals surface area contributed by atoms with Crippen LogP contribution in [0.25, 0.3) is 0 Å². The highest BCUT2D eigenvalue weighted by molar-refractivity contribution is 7.91. The molecule has 1 heterocycles. The summed E-state index contributed by atoms with van der Waals surface area (Å²) in [6, 6.07) is 19.9. The lowest BCUT2D eigenvalue weighted by molar-refractivity contribution is 0.0932. The number of benzene rings is 3. The van der Waals surface area contributed by atoms with E-state index in [-0.39, 0.29) is 44.2 Å². The number of hydrogen-bond donors (Lipinski definition) is 1. The maximum Gasteiger partial charge on any atom is 0.251 e. The first-order chi connectivity index (χ1) is 14.4. The molecule has 1 amide bonds. The van der Waals surface area contributed by atoms with Gasteiger partial charge < -0.3 is 5.32 Å². The van der Waals surface area contributed by atoms with Crippen LogP contribution in [0.3, 0.4) is 0 Å². The zero-order valence-corrected chi connectivity index (χ0v) is 17.3. The fourth-order valence-corrected chi connectivity index (χ4v) is 5.44. The Labute approximate surface area is 175 Å². The van der Waals surface area contributed by atoms with Crippen LogP contribution >= 0.6 is 0 Å². The molecule has 0 saturated carbocycles. The average Bonchev–Trinajstić information content (AvgIpc) is 2.77. The van der Waals surface area contributed by atoms with Crippen LogP contribution in [0.5, 0.6) is 0 Å². The van der Waals surface area contributed by atoms with Crippen LogP contribution in [0.1, 0.15) is 57.7 Å². The van der Waals surface area contributed by atoms with Crippen LogP contribution < -0.4 is 5.32 Å². The second-order valence-corrected chi connectivity index (χ2v) is 9.15. The molecule has 6 heteroatoms. The predicted octanol–water partition coefficient (Wildman–Crippen LogP) is 4.34. The molecule has 5 nitrogen and oxygen atoms in total. The van der Waals surface area contributed by atoms with Gasteiger partial charge in [0, 0.05) is 16.7 Å². The Morgan fingerprint density at radius 3 is 2.30 bits per heavy atom. The van der Waals surface area contributed by atoms with E-state index in [0.717, 1.165) is 18.4 Å². The molecular weight excluding hydrogens is 398 g/mol. The molecular formula is C24H21NO4S. The van der Waals surface area contributed by atoms with E-state index in [1.807, 2.05) is 37.3 Å². The fraction of sp³-hybridized carbons (Fsp3) is 0.167. The average molecular weight is 420 g/mol. The van der Waals surface area contributed by atoms with Crippen molar-refractivity contribution in [2.24, 2.45) is 0 Å². The van der Waals surface area contributed by atoms with Gasteiger partial charge in [0.15, 0.2) is 5.78 Å². The highest BCUT2D eigenvalue weighted by Gasteiger charge is 2.35. The quantitative estimate of drug-likeness (QED) is 0.522. The van der Waals surface area contributed by atoms with E-state index in [9.17, 15) is 18.0 Å². The smallest absolute Gasteiger partial charge is 0.251 e. The largest absolute Gasteiger partial charge is 0.345 e. The van der Waals surface area contributed by atoms with Crippen molar-refractivity contribution in [2.75, 3.05) is 0 Å². The summed E-state index contributed by atoms with van der Waals surface area (Å²) < 4.78 is 26.2. The van der Waals surface area contributed by atoms with E-state index < -0.39 is 9.84 Å². The molecule has 0 radical (unpaired) electrons. The third-order valence-corrected chi connectivity index (χ3v) is 7.14. The van der Waals surface area contributed by atoms with Gasteiger partial charge >= 0.3 is 0 Å². The van der Waals surface area contributed by atoms with Gasteiger partial charge in [-0.25, -0.2) is 8.42 Å². The van der Waals surface area contributed by atoms with Crippen LogP contribution in [-0.2, 0) is 9.84 Å². The van der Waals surface area contributed by atoms with Crippen LogP contribution in [0.15, 0.2) is 82.6 Å². The van der Waals surface area contributed by atoms with Gasteiger partial charge in [-0.15, -0.1) is 0 Å². The van der Waals surface area contributed by atoms with Crippen LogP contribution in [-0.4, -0.2) is 20.1 Å². The Balaban J connectivity index is 1.70. The molecule has 152 valence electrons. The Bertz CT molecular complexity index is 1230. The Kier molecular flexibility index (Phi) is 5.26. The standard InChI is InChI=1S/C24H21NO4S/c1-2-8-20(16-9-4-3-5-10-16)25-24(27)17-13-14-19-22(15-17)30(28,29)21-12-7-6-11-18(21)23(19)26/h3-7,9-15,20H,2,8H2,1H3,(H,25,27)/t20-/m0/s1. The monoisotopic (exact) mass is 419 g/mol. The van der Waals surface area contributed by atoms with E-state index in [0.29, 0.717) is 0 Å². The normalized spacial score (nSPS) is 15.0. The van der Waals surface area contributed by atoms with Crippen LogP contribution in [0.4, 0.5) is 0 Å². The van der Waals surface area contributed by atoms with Gasteiger partial charge in [-0.1, -0.05) is 55.8 Å². The first-order valence-electron chi connectivity index (χ1n) is 9.82. The number of rotatable bonds is 5. The molecule has 0 aliphatic carbocycles. The molecule has 3 aromatic rings. The first kappa shape index (κ1) is 20.0. The van der Waals surface area contributed by atoms with Crippen LogP contribution in [0.2, 0.25) is 0 Å². The maximum absolute atomic E-state index is 13.1. The van der Waals surface area contributed by atoms with Gasteiger partial charge in [0.25, 0.3) is 5.91 Å². The summed E-state index contributed by atoms with van der Waals surface area (Å²) >= 11 is 0. The minimum atomic E-state index is -3.88. The topological polar surface area (TPSA) is 80.3 Å². The highest BCUT2D eigenvalue weighted by atomic mass is 32.2. The molecule has 0 spiro atoms. The lowest BCUT2D eigenvalue weighted by Crippen LogP contribution is -2.29. The Morgan fingerprint density at radius 1 is 0.900 bits per heavy atom. The number of carbonyl (C=O) groups is 2. The number of carbonyl (C=O) groups excluding carboxylic acids is 2. The van der Waals surface area contributed by atoms with Gasteiger partial charge in [-0.05, 0) is 42.3 Å². The Morgan fingerprint density at radius 2 is 1.57 bits per heavy atom. The van der Waals surface area contributed by atoms with E-state index in [2.05, 4.69) is 5.32 Å². The van der Waals surface area contributed by atoms with Crippen molar-refractivity contribution in [3.63, 3.8) is 0 Å². The molecule has 0 saturated heterocycles. The molecule has 0 unspecified atom stereocenters. The second-order valence-electron chi connectivity index (χ2n) is 7.27. The third kappa shape index (κ3) is 3.44. The van der Waals surface area contributed by atoms with Crippen molar-refractivity contribution < 1.29 is 18.0 Å². The number of hydrogen-bond acceptors (Lipinski definition) is 4. The summed E-state index contributed by atoms with van der Waals surface area (Å²) in [5.74, 6) is -0.725. The van der Waals surface area contributed by atoms with Crippen molar-refractivity contribution in [1.29, 1.82) is 0 Å². The highest BCUT2D eigenvalue weighted by Crippen LogP contribution is 2.34. The maximum atomic E-state index is 13.1. The number of ketones is 1. The molecule has 1 aliphatic rings. The van der Waals surface area contributed by atoms with Gasteiger partial charge in [-0.3, -0.25) is 9.59 Å². The lowest BCUT2D eigenvalue weighted by atomic mass is 10.00. The first-order valence-corrected chi connectivity index (χ1v) is 11.3. The third-order valence-electron chi connectivity index (χ3n) is 5.28. The minimum Gasteiger partial charge on any atom is -0.345 e. The molecule has 30 heavy (non-hydrogen) atoms. The minimum absolute atomic E-state index is 0.0202. The zero-order chi connectivity index (χ0) is 21.3. The Hall–Kier alpha value is -3.25.